The number of nitrogens with one attached hydrogen (secondary N) is 1. The second-order valence-electron chi connectivity index (χ2n) is 6.26. The third-order valence-electron chi connectivity index (χ3n) is 4.56. The number of carbonyl (C=O) groups is 1. The monoisotopic (exact) mass is 348 g/mol. The van der Waals surface area contributed by atoms with Gasteiger partial charge in [-0.1, -0.05) is 42.5 Å². The van der Waals surface area contributed by atoms with Gasteiger partial charge in [-0.25, -0.2) is 0 Å². The predicted octanol–water partition coefficient (Wildman–Crippen LogP) is 4.49. The minimum absolute atomic E-state index is 0.0345. The lowest BCUT2D eigenvalue weighted by Gasteiger charge is -2.32. The maximum atomic E-state index is 12.4. The summed E-state index contributed by atoms with van der Waals surface area (Å²) in [5.41, 5.74) is 4.78. The SMILES string of the molecule is O=C(Cc1cccs1)Nc1ccccc1N1CCc2ccccc2C1. The molecule has 0 spiro atoms. The molecule has 3 aromatic rings. The van der Waals surface area contributed by atoms with Crippen LogP contribution in [0.4, 0.5) is 11.4 Å². The highest BCUT2D eigenvalue weighted by Crippen LogP contribution is 2.30. The van der Waals surface area contributed by atoms with Crippen molar-refractivity contribution in [2.75, 3.05) is 16.8 Å². The first-order valence-electron chi connectivity index (χ1n) is 8.52. The Labute approximate surface area is 151 Å². The smallest absolute Gasteiger partial charge is 0.229 e. The molecule has 0 saturated heterocycles. The quantitative estimate of drug-likeness (QED) is 0.753. The summed E-state index contributed by atoms with van der Waals surface area (Å²) in [6.07, 6.45) is 1.46. The number of benzene rings is 2. The van der Waals surface area contributed by atoms with Gasteiger partial charge in [-0.05, 0) is 41.1 Å². The maximum Gasteiger partial charge on any atom is 0.229 e. The zero-order chi connectivity index (χ0) is 17.1. The maximum absolute atomic E-state index is 12.4. The molecule has 1 amide bonds. The van der Waals surface area contributed by atoms with Gasteiger partial charge in [0, 0.05) is 18.0 Å². The van der Waals surface area contributed by atoms with Crippen LogP contribution in [0.15, 0.2) is 66.0 Å². The van der Waals surface area contributed by atoms with Crippen LogP contribution in [0.2, 0.25) is 0 Å². The first kappa shape index (κ1) is 15.9. The van der Waals surface area contributed by atoms with Gasteiger partial charge in [-0.15, -0.1) is 11.3 Å². The van der Waals surface area contributed by atoms with E-state index >= 15 is 0 Å². The number of rotatable bonds is 4. The Bertz CT molecular complexity index is 873. The summed E-state index contributed by atoms with van der Waals surface area (Å²) >= 11 is 1.62. The van der Waals surface area contributed by atoms with Crippen LogP contribution >= 0.6 is 11.3 Å². The normalized spacial score (nSPS) is 13.4. The molecule has 0 radical (unpaired) electrons. The third-order valence-corrected chi connectivity index (χ3v) is 5.44. The van der Waals surface area contributed by atoms with Crippen molar-refractivity contribution in [3.63, 3.8) is 0 Å². The Morgan fingerprint density at radius 3 is 2.64 bits per heavy atom. The minimum Gasteiger partial charge on any atom is -0.365 e. The number of hydrogen-bond donors (Lipinski definition) is 1. The number of fused-ring (bicyclic) bond motifs is 1. The Kier molecular flexibility index (Phi) is 4.53. The fourth-order valence-corrected chi connectivity index (χ4v) is 4.03. The molecule has 0 atom stereocenters. The Morgan fingerprint density at radius 1 is 1.00 bits per heavy atom. The molecule has 2 heterocycles. The van der Waals surface area contributed by atoms with Gasteiger partial charge in [0.2, 0.25) is 5.91 Å². The zero-order valence-corrected chi connectivity index (χ0v) is 14.8. The van der Waals surface area contributed by atoms with Crippen molar-refractivity contribution < 1.29 is 4.79 Å². The van der Waals surface area contributed by atoms with E-state index in [4.69, 9.17) is 0 Å². The highest BCUT2D eigenvalue weighted by atomic mass is 32.1. The second-order valence-corrected chi connectivity index (χ2v) is 7.29. The minimum atomic E-state index is 0.0345. The van der Waals surface area contributed by atoms with E-state index in [2.05, 4.69) is 40.5 Å². The van der Waals surface area contributed by atoms with Crippen molar-refractivity contribution in [1.82, 2.24) is 0 Å². The van der Waals surface area contributed by atoms with E-state index in [0.29, 0.717) is 6.42 Å². The number of anilines is 2. The number of carbonyl (C=O) groups excluding carboxylic acids is 1. The van der Waals surface area contributed by atoms with Crippen LogP contribution < -0.4 is 10.2 Å². The van der Waals surface area contributed by atoms with Crippen molar-refractivity contribution in [3.05, 3.63) is 82.0 Å². The summed E-state index contributed by atoms with van der Waals surface area (Å²) < 4.78 is 0. The summed E-state index contributed by atoms with van der Waals surface area (Å²) in [5.74, 6) is 0.0345. The van der Waals surface area contributed by atoms with E-state index < -0.39 is 0 Å². The van der Waals surface area contributed by atoms with E-state index in [9.17, 15) is 4.79 Å². The molecule has 0 aliphatic carbocycles. The molecule has 1 aliphatic rings. The van der Waals surface area contributed by atoms with Crippen molar-refractivity contribution >= 4 is 28.6 Å². The van der Waals surface area contributed by atoms with Gasteiger partial charge in [-0.2, -0.15) is 0 Å². The molecular formula is C21H20N2OS. The third kappa shape index (κ3) is 3.59. The molecular weight excluding hydrogens is 328 g/mol. The summed E-state index contributed by atoms with van der Waals surface area (Å²) in [6, 6.07) is 20.7. The second kappa shape index (κ2) is 7.11. The van der Waals surface area contributed by atoms with Crippen LogP contribution in [0.25, 0.3) is 0 Å². The van der Waals surface area contributed by atoms with Crippen LogP contribution in [0.1, 0.15) is 16.0 Å². The largest absolute Gasteiger partial charge is 0.365 e. The molecule has 0 unspecified atom stereocenters. The molecule has 4 rings (SSSR count). The van der Waals surface area contributed by atoms with E-state index in [0.717, 1.165) is 35.8 Å². The van der Waals surface area contributed by atoms with Crippen molar-refractivity contribution in [2.24, 2.45) is 0 Å². The zero-order valence-electron chi connectivity index (χ0n) is 13.9. The molecule has 0 bridgehead atoms. The Morgan fingerprint density at radius 2 is 1.80 bits per heavy atom. The van der Waals surface area contributed by atoms with Gasteiger partial charge in [0.15, 0.2) is 0 Å². The van der Waals surface area contributed by atoms with Gasteiger partial charge >= 0.3 is 0 Å². The van der Waals surface area contributed by atoms with E-state index in [1.54, 1.807) is 11.3 Å². The Balaban J connectivity index is 1.52. The van der Waals surface area contributed by atoms with Gasteiger partial charge in [0.05, 0.1) is 17.8 Å². The molecule has 0 fully saturated rings. The van der Waals surface area contributed by atoms with Gasteiger partial charge in [0.1, 0.15) is 0 Å². The topological polar surface area (TPSA) is 32.3 Å². The summed E-state index contributed by atoms with van der Waals surface area (Å²) in [6.45, 7) is 1.85. The van der Waals surface area contributed by atoms with Gasteiger partial charge < -0.3 is 10.2 Å². The van der Waals surface area contributed by atoms with Gasteiger partial charge in [0.25, 0.3) is 0 Å². The molecule has 126 valence electrons. The van der Waals surface area contributed by atoms with Crippen molar-refractivity contribution in [2.45, 2.75) is 19.4 Å². The van der Waals surface area contributed by atoms with Crippen LogP contribution in [-0.2, 0) is 24.2 Å². The van der Waals surface area contributed by atoms with Crippen molar-refractivity contribution in [3.8, 4) is 0 Å². The van der Waals surface area contributed by atoms with E-state index in [-0.39, 0.29) is 5.91 Å². The van der Waals surface area contributed by atoms with Crippen molar-refractivity contribution in [1.29, 1.82) is 0 Å². The average molecular weight is 348 g/mol. The lowest BCUT2D eigenvalue weighted by Crippen LogP contribution is -2.31. The Hall–Kier alpha value is -2.59. The molecule has 2 aromatic carbocycles. The lowest BCUT2D eigenvalue weighted by atomic mass is 9.99. The lowest BCUT2D eigenvalue weighted by molar-refractivity contribution is -0.115. The predicted molar refractivity (Wildman–Crippen MR) is 104 cm³/mol. The first-order chi connectivity index (χ1) is 12.3. The molecule has 1 N–H and O–H groups in total. The fraction of sp³-hybridized carbons (Fsp3) is 0.190. The van der Waals surface area contributed by atoms with Gasteiger partial charge in [-0.3, -0.25) is 4.79 Å². The number of amides is 1. The number of hydrogen-bond acceptors (Lipinski definition) is 3. The molecule has 0 saturated carbocycles. The van der Waals surface area contributed by atoms with Crippen LogP contribution in [0.5, 0.6) is 0 Å². The first-order valence-corrected chi connectivity index (χ1v) is 9.40. The number of para-hydroxylation sites is 2. The average Bonchev–Trinajstić information content (AvgIpc) is 3.14. The summed E-state index contributed by atoms with van der Waals surface area (Å²) in [5, 5.41) is 5.10. The van der Waals surface area contributed by atoms with Crippen LogP contribution in [0.3, 0.4) is 0 Å². The molecule has 4 heteroatoms. The summed E-state index contributed by atoms with van der Waals surface area (Å²) in [4.78, 5) is 15.8. The molecule has 1 aromatic heterocycles. The standard InChI is InChI=1S/C21H20N2OS/c24-21(14-18-8-5-13-25-18)22-19-9-3-4-10-20(19)23-12-11-16-6-1-2-7-17(16)15-23/h1-10,13H,11-12,14-15H2,(H,22,24). The number of nitrogens with zero attached hydrogens (tertiary/aromatic N) is 1. The highest BCUT2D eigenvalue weighted by Gasteiger charge is 2.19. The summed E-state index contributed by atoms with van der Waals surface area (Å²) in [7, 11) is 0. The van der Waals surface area contributed by atoms with E-state index in [1.807, 2.05) is 35.7 Å². The van der Waals surface area contributed by atoms with Crippen LogP contribution in [-0.4, -0.2) is 12.5 Å². The number of thiophene rings is 1. The van der Waals surface area contributed by atoms with E-state index in [1.165, 1.54) is 11.1 Å². The molecule has 1 aliphatic heterocycles. The molecule has 3 nitrogen and oxygen atoms in total. The highest BCUT2D eigenvalue weighted by molar-refractivity contribution is 7.10. The molecule has 25 heavy (non-hydrogen) atoms. The fourth-order valence-electron chi connectivity index (χ4n) is 3.32. The van der Waals surface area contributed by atoms with Crippen LogP contribution in [0, 0.1) is 0 Å².